The van der Waals surface area contributed by atoms with E-state index in [1.165, 1.54) is 18.5 Å². The highest BCUT2D eigenvalue weighted by atomic mass is 19.1. The molecule has 6 rings (SSSR count). The fourth-order valence-electron chi connectivity index (χ4n) is 4.91. The fourth-order valence-corrected chi connectivity index (χ4v) is 4.91. The number of carbonyl (C=O) groups is 1. The Balaban J connectivity index is 1.26. The number of anilines is 2. The third-order valence-electron chi connectivity index (χ3n) is 7.04. The Morgan fingerprint density at radius 2 is 2.03 bits per heavy atom. The van der Waals surface area contributed by atoms with Gasteiger partial charge in [0, 0.05) is 43.9 Å². The molecule has 2 aromatic carbocycles. The third-order valence-corrected chi connectivity index (χ3v) is 7.04. The van der Waals surface area contributed by atoms with E-state index < -0.39 is 5.82 Å². The van der Waals surface area contributed by atoms with E-state index in [1.54, 1.807) is 17.3 Å². The molecule has 0 saturated carbocycles. The quantitative estimate of drug-likeness (QED) is 0.298. The molecule has 1 aliphatic heterocycles. The standard InChI is InChI=1S/C29H26FN7O2/c1-4-27(38)37-10-9-18(14-37)21-6-7-22-28(34-21)29(32-15-31-22)35-23-11-17(2)26(13-20(23)30)39-19-5-8-25-24(12-19)33-16-36(25)3/h4-8,11-13,15-16,18H,1,9-10,14H2,2-3H3,(H,31,32,35). The number of pyridine rings is 1. The summed E-state index contributed by atoms with van der Waals surface area (Å²) in [6.07, 6.45) is 5.29. The van der Waals surface area contributed by atoms with Gasteiger partial charge >= 0.3 is 0 Å². The lowest BCUT2D eigenvalue weighted by Crippen LogP contribution is -2.26. The average Bonchev–Trinajstić information content (AvgIpc) is 3.58. The summed E-state index contributed by atoms with van der Waals surface area (Å²) in [5.74, 6) is 0.884. The number of nitrogens with zero attached hydrogens (tertiary/aromatic N) is 6. The number of imidazole rings is 1. The smallest absolute Gasteiger partial charge is 0.245 e. The molecule has 1 N–H and O–H groups in total. The lowest BCUT2D eigenvalue weighted by Gasteiger charge is -2.15. The number of hydrogen-bond acceptors (Lipinski definition) is 7. The lowest BCUT2D eigenvalue weighted by molar-refractivity contribution is -0.125. The fraction of sp³-hybridized carbons (Fsp3) is 0.207. The molecule has 3 aromatic heterocycles. The molecule has 10 heteroatoms. The summed E-state index contributed by atoms with van der Waals surface area (Å²) < 4.78 is 23.2. The van der Waals surface area contributed by atoms with Crippen LogP contribution >= 0.6 is 0 Å². The van der Waals surface area contributed by atoms with Gasteiger partial charge in [0.2, 0.25) is 5.91 Å². The van der Waals surface area contributed by atoms with Crippen molar-refractivity contribution in [3.05, 3.63) is 84.8 Å². The molecular weight excluding hydrogens is 497 g/mol. The molecule has 39 heavy (non-hydrogen) atoms. The Bertz CT molecular complexity index is 1750. The highest BCUT2D eigenvalue weighted by Gasteiger charge is 2.27. The Labute approximate surface area is 224 Å². The largest absolute Gasteiger partial charge is 0.457 e. The Hall–Kier alpha value is -4.86. The molecular formula is C29H26FN7O2. The van der Waals surface area contributed by atoms with E-state index in [9.17, 15) is 4.79 Å². The van der Waals surface area contributed by atoms with E-state index in [0.717, 1.165) is 28.7 Å². The Kier molecular flexibility index (Phi) is 6.14. The number of nitrogens with one attached hydrogen (secondary N) is 1. The van der Waals surface area contributed by atoms with Crippen LogP contribution in [0.25, 0.3) is 22.1 Å². The molecule has 1 saturated heterocycles. The lowest BCUT2D eigenvalue weighted by atomic mass is 10.0. The third kappa shape index (κ3) is 4.65. The number of fused-ring (bicyclic) bond motifs is 2. The van der Waals surface area contributed by atoms with Gasteiger partial charge in [-0.25, -0.2) is 24.3 Å². The number of aromatic nitrogens is 5. The Morgan fingerprint density at radius 3 is 2.87 bits per heavy atom. The van der Waals surface area contributed by atoms with Crippen LogP contribution in [0.4, 0.5) is 15.9 Å². The first-order valence-electron chi connectivity index (χ1n) is 12.6. The highest BCUT2D eigenvalue weighted by Crippen LogP contribution is 2.34. The molecule has 5 aromatic rings. The van der Waals surface area contributed by atoms with Gasteiger partial charge in [-0.3, -0.25) is 4.79 Å². The molecule has 0 radical (unpaired) electrons. The van der Waals surface area contributed by atoms with Crippen LogP contribution in [0, 0.1) is 12.7 Å². The minimum absolute atomic E-state index is 0.0838. The van der Waals surface area contributed by atoms with Crippen LogP contribution in [0.2, 0.25) is 0 Å². The predicted molar refractivity (Wildman–Crippen MR) is 147 cm³/mol. The zero-order valence-electron chi connectivity index (χ0n) is 21.6. The number of likely N-dealkylation sites (tertiary alicyclic amines) is 1. The van der Waals surface area contributed by atoms with E-state index in [0.29, 0.717) is 41.4 Å². The van der Waals surface area contributed by atoms with Crippen molar-refractivity contribution in [1.29, 1.82) is 0 Å². The summed E-state index contributed by atoms with van der Waals surface area (Å²) in [6.45, 7) is 6.65. The maximum absolute atomic E-state index is 15.3. The van der Waals surface area contributed by atoms with Crippen LogP contribution in [-0.4, -0.2) is 48.4 Å². The van der Waals surface area contributed by atoms with Crippen molar-refractivity contribution in [3.8, 4) is 11.5 Å². The Morgan fingerprint density at radius 1 is 1.15 bits per heavy atom. The monoisotopic (exact) mass is 523 g/mol. The molecule has 1 unspecified atom stereocenters. The van der Waals surface area contributed by atoms with E-state index in [1.807, 2.05) is 48.9 Å². The number of rotatable bonds is 6. The van der Waals surface area contributed by atoms with Gasteiger partial charge in [0.05, 0.1) is 28.6 Å². The predicted octanol–water partition coefficient (Wildman–Crippen LogP) is 5.40. The first kappa shape index (κ1) is 24.5. The number of aryl methyl sites for hydroxylation is 2. The molecule has 4 heterocycles. The van der Waals surface area contributed by atoms with Crippen LogP contribution in [0.15, 0.2) is 67.8 Å². The van der Waals surface area contributed by atoms with Gasteiger partial charge in [-0.2, -0.15) is 0 Å². The van der Waals surface area contributed by atoms with E-state index >= 15 is 4.39 Å². The molecule has 0 bridgehead atoms. The average molecular weight is 524 g/mol. The first-order chi connectivity index (χ1) is 18.9. The second kappa shape index (κ2) is 9.79. The van der Waals surface area contributed by atoms with Crippen molar-refractivity contribution in [3.63, 3.8) is 0 Å². The minimum atomic E-state index is -0.494. The van der Waals surface area contributed by atoms with Gasteiger partial charge in [0.15, 0.2) is 5.82 Å². The number of benzene rings is 2. The van der Waals surface area contributed by atoms with Gasteiger partial charge in [-0.05, 0) is 55.3 Å². The van der Waals surface area contributed by atoms with Crippen molar-refractivity contribution in [2.75, 3.05) is 18.4 Å². The summed E-state index contributed by atoms with van der Waals surface area (Å²) in [4.78, 5) is 31.6. The number of ether oxygens (including phenoxy) is 1. The molecule has 1 amide bonds. The maximum atomic E-state index is 15.3. The summed E-state index contributed by atoms with van der Waals surface area (Å²) >= 11 is 0. The van der Waals surface area contributed by atoms with Crippen LogP contribution < -0.4 is 10.1 Å². The summed E-state index contributed by atoms with van der Waals surface area (Å²) in [7, 11) is 1.92. The highest BCUT2D eigenvalue weighted by molar-refractivity contribution is 5.88. The van der Waals surface area contributed by atoms with Gasteiger partial charge in [-0.15, -0.1) is 0 Å². The molecule has 1 atom stereocenters. The zero-order chi connectivity index (χ0) is 27.1. The molecule has 1 aliphatic rings. The van der Waals surface area contributed by atoms with E-state index in [-0.39, 0.29) is 17.5 Å². The van der Waals surface area contributed by atoms with Gasteiger partial charge in [-0.1, -0.05) is 6.58 Å². The van der Waals surface area contributed by atoms with Crippen LogP contribution in [0.3, 0.4) is 0 Å². The zero-order valence-corrected chi connectivity index (χ0v) is 21.6. The SMILES string of the molecule is C=CC(=O)N1CCC(c2ccc3ncnc(Nc4cc(C)c(Oc5ccc6c(c5)ncn6C)cc4F)c3n2)C1. The summed E-state index contributed by atoms with van der Waals surface area (Å²) in [5, 5.41) is 3.09. The second-order valence-corrected chi connectivity index (χ2v) is 9.63. The van der Waals surface area contributed by atoms with E-state index in [2.05, 4.69) is 26.8 Å². The number of halogens is 1. The van der Waals surface area contributed by atoms with Crippen LogP contribution in [0.5, 0.6) is 11.5 Å². The number of carbonyl (C=O) groups excluding carboxylic acids is 1. The summed E-state index contributed by atoms with van der Waals surface area (Å²) in [6, 6.07) is 12.4. The number of hydrogen-bond donors (Lipinski definition) is 1. The second-order valence-electron chi connectivity index (χ2n) is 9.63. The molecule has 0 aliphatic carbocycles. The van der Waals surface area contributed by atoms with Crippen molar-refractivity contribution in [2.45, 2.75) is 19.3 Å². The normalized spacial score (nSPS) is 15.2. The van der Waals surface area contributed by atoms with Crippen molar-refractivity contribution >= 4 is 39.5 Å². The molecule has 196 valence electrons. The maximum Gasteiger partial charge on any atom is 0.245 e. The van der Waals surface area contributed by atoms with Gasteiger partial charge < -0.3 is 19.5 Å². The van der Waals surface area contributed by atoms with Crippen LogP contribution in [-0.2, 0) is 11.8 Å². The van der Waals surface area contributed by atoms with Crippen molar-refractivity contribution in [2.24, 2.45) is 7.05 Å². The van der Waals surface area contributed by atoms with Gasteiger partial charge in [0.1, 0.15) is 29.2 Å². The summed E-state index contributed by atoms with van der Waals surface area (Å²) in [5.41, 5.74) is 4.77. The first-order valence-corrected chi connectivity index (χ1v) is 12.6. The minimum Gasteiger partial charge on any atom is -0.457 e. The topological polar surface area (TPSA) is 98.1 Å². The van der Waals surface area contributed by atoms with Crippen LogP contribution in [0.1, 0.15) is 23.6 Å². The molecule has 0 spiro atoms. The van der Waals surface area contributed by atoms with Crippen molar-refractivity contribution < 1.29 is 13.9 Å². The van der Waals surface area contributed by atoms with Crippen molar-refractivity contribution in [1.82, 2.24) is 29.4 Å². The van der Waals surface area contributed by atoms with E-state index in [4.69, 9.17) is 9.72 Å². The molecule has 1 fully saturated rings. The molecule has 9 nitrogen and oxygen atoms in total. The number of amides is 1. The van der Waals surface area contributed by atoms with Gasteiger partial charge in [0.25, 0.3) is 0 Å².